The van der Waals surface area contributed by atoms with Crippen molar-refractivity contribution in [1.29, 1.82) is 5.26 Å². The van der Waals surface area contributed by atoms with E-state index >= 15 is 0 Å². The van der Waals surface area contributed by atoms with Gasteiger partial charge in [-0.2, -0.15) is 5.26 Å². The molecule has 0 aliphatic rings. The van der Waals surface area contributed by atoms with E-state index in [2.05, 4.69) is 11.1 Å². The monoisotopic (exact) mass is 280 g/mol. The normalized spacial score (nSPS) is 10.2. The Morgan fingerprint density at radius 3 is 2.76 bits per heavy atom. The highest BCUT2D eigenvalue weighted by molar-refractivity contribution is 5.85. The molecule has 0 saturated carbocycles. The molecular weight excluding hydrogens is 268 g/mol. The van der Waals surface area contributed by atoms with Gasteiger partial charge in [0.2, 0.25) is 5.88 Å². The first-order valence-corrected chi connectivity index (χ1v) is 6.19. The molecule has 104 valence electrons. The number of nitriles is 1. The lowest BCUT2D eigenvalue weighted by atomic mass is 10.2. The lowest BCUT2D eigenvalue weighted by molar-refractivity contribution is -0.131. The minimum absolute atomic E-state index is 0.322. The quantitative estimate of drug-likeness (QED) is 0.851. The first kappa shape index (κ1) is 14.3. The molecule has 2 rings (SSSR count). The second-order valence-electron chi connectivity index (χ2n) is 4.15. The number of benzene rings is 1. The maximum absolute atomic E-state index is 10.6. The Kier molecular flexibility index (Phi) is 4.67. The molecule has 0 radical (unpaired) electrons. The number of aliphatic carboxylic acids is 1. The van der Waals surface area contributed by atoms with Crippen molar-refractivity contribution in [1.82, 2.24) is 4.98 Å². The van der Waals surface area contributed by atoms with Gasteiger partial charge in [0.1, 0.15) is 5.75 Å². The highest BCUT2D eigenvalue weighted by Crippen LogP contribution is 2.24. The zero-order valence-electron chi connectivity index (χ0n) is 11.1. The molecule has 1 heterocycles. The van der Waals surface area contributed by atoms with E-state index in [9.17, 15) is 4.79 Å². The van der Waals surface area contributed by atoms with Crippen LogP contribution in [0.5, 0.6) is 11.6 Å². The van der Waals surface area contributed by atoms with Crippen LogP contribution in [0.4, 0.5) is 0 Å². The number of pyridine rings is 1. The number of carboxylic acids is 1. The average molecular weight is 280 g/mol. The molecule has 0 amide bonds. The summed E-state index contributed by atoms with van der Waals surface area (Å²) in [6.45, 7) is 0. The fraction of sp³-hybridized carbons (Fsp3) is 0.0625. The lowest BCUT2D eigenvalue weighted by Gasteiger charge is -2.07. The minimum Gasteiger partial charge on any atom is -0.478 e. The number of nitrogens with zero attached hydrogens (tertiary/aromatic N) is 2. The minimum atomic E-state index is -1.04. The van der Waals surface area contributed by atoms with Gasteiger partial charge in [0.25, 0.3) is 0 Å². The molecule has 0 aliphatic heterocycles. The van der Waals surface area contributed by atoms with Crippen LogP contribution in [0.25, 0.3) is 6.08 Å². The van der Waals surface area contributed by atoms with Gasteiger partial charge in [0, 0.05) is 17.8 Å². The smallest absolute Gasteiger partial charge is 0.328 e. The Bertz CT molecular complexity index is 700. The lowest BCUT2D eigenvalue weighted by Crippen LogP contribution is -1.92. The summed E-state index contributed by atoms with van der Waals surface area (Å²) in [6.07, 6.45) is 4.36. The largest absolute Gasteiger partial charge is 0.478 e. The molecule has 1 aromatic heterocycles. The molecule has 0 spiro atoms. The number of aromatic nitrogens is 1. The average Bonchev–Trinajstić information content (AvgIpc) is 2.48. The predicted molar refractivity (Wildman–Crippen MR) is 76.7 cm³/mol. The number of rotatable bonds is 5. The van der Waals surface area contributed by atoms with Crippen molar-refractivity contribution in [3.8, 4) is 17.7 Å². The van der Waals surface area contributed by atoms with Crippen LogP contribution >= 0.6 is 0 Å². The molecule has 5 heteroatoms. The molecule has 0 bridgehead atoms. The second-order valence-corrected chi connectivity index (χ2v) is 4.15. The van der Waals surface area contributed by atoms with E-state index in [1.165, 1.54) is 6.08 Å². The zero-order valence-corrected chi connectivity index (χ0v) is 11.1. The van der Waals surface area contributed by atoms with Crippen LogP contribution in [0, 0.1) is 11.3 Å². The summed E-state index contributed by atoms with van der Waals surface area (Å²) in [5.74, 6) is -0.144. The predicted octanol–water partition coefficient (Wildman–Crippen LogP) is 3.04. The fourth-order valence-electron chi connectivity index (χ4n) is 1.65. The number of hydrogen-bond donors (Lipinski definition) is 1. The molecule has 5 nitrogen and oxygen atoms in total. The maximum atomic E-state index is 10.6. The van der Waals surface area contributed by atoms with Gasteiger partial charge in [-0.1, -0.05) is 12.1 Å². The second kappa shape index (κ2) is 6.87. The number of ether oxygens (including phenoxy) is 1. The molecule has 0 aliphatic carbocycles. The van der Waals surface area contributed by atoms with Crippen LogP contribution < -0.4 is 4.74 Å². The van der Waals surface area contributed by atoms with Crippen LogP contribution in [-0.2, 0) is 11.2 Å². The third-order valence-electron chi connectivity index (χ3n) is 2.63. The maximum Gasteiger partial charge on any atom is 0.328 e. The van der Waals surface area contributed by atoms with Gasteiger partial charge in [0.05, 0.1) is 12.5 Å². The van der Waals surface area contributed by atoms with E-state index in [-0.39, 0.29) is 0 Å². The van der Waals surface area contributed by atoms with Gasteiger partial charge in [-0.25, -0.2) is 9.78 Å². The molecule has 21 heavy (non-hydrogen) atoms. The van der Waals surface area contributed by atoms with Crippen molar-refractivity contribution in [3.63, 3.8) is 0 Å². The Morgan fingerprint density at radius 2 is 2.10 bits per heavy atom. The summed E-state index contributed by atoms with van der Waals surface area (Å²) in [5, 5.41) is 17.3. The van der Waals surface area contributed by atoms with Crippen molar-refractivity contribution in [3.05, 3.63) is 59.8 Å². The van der Waals surface area contributed by atoms with Crippen LogP contribution in [0.2, 0.25) is 0 Å². The fourth-order valence-corrected chi connectivity index (χ4v) is 1.65. The molecular formula is C16H12N2O3. The molecule has 0 saturated heterocycles. The van der Waals surface area contributed by atoms with Crippen molar-refractivity contribution < 1.29 is 14.6 Å². The van der Waals surface area contributed by atoms with E-state index in [0.717, 1.165) is 11.6 Å². The van der Waals surface area contributed by atoms with Crippen molar-refractivity contribution in [2.24, 2.45) is 0 Å². The highest BCUT2D eigenvalue weighted by atomic mass is 16.5. The van der Waals surface area contributed by atoms with Crippen LogP contribution in [-0.4, -0.2) is 16.1 Å². The molecule has 0 atom stereocenters. The Hall–Kier alpha value is -3.13. The Morgan fingerprint density at radius 1 is 1.33 bits per heavy atom. The van der Waals surface area contributed by atoms with E-state index < -0.39 is 5.97 Å². The first-order valence-electron chi connectivity index (χ1n) is 6.19. The zero-order chi connectivity index (χ0) is 15.1. The summed E-state index contributed by atoms with van der Waals surface area (Å²) in [7, 11) is 0. The number of hydrogen-bond acceptors (Lipinski definition) is 4. The van der Waals surface area contributed by atoms with E-state index in [4.69, 9.17) is 15.1 Å². The standard InChI is InChI=1S/C16H12N2O3/c17-10-9-12-3-6-14(7-4-12)21-16-13(2-1-11-18-16)5-8-15(19)20/h1-8,11H,9H2,(H,19,20)/b8-5+. The van der Waals surface area contributed by atoms with Crippen LogP contribution in [0.3, 0.4) is 0 Å². The summed E-state index contributed by atoms with van der Waals surface area (Å²) in [4.78, 5) is 14.7. The molecule has 2 aromatic rings. The van der Waals surface area contributed by atoms with Gasteiger partial charge in [0.15, 0.2) is 0 Å². The third kappa shape index (κ3) is 4.18. The SMILES string of the molecule is N#CCc1ccc(Oc2ncccc2/C=C/C(=O)O)cc1. The van der Waals surface area contributed by atoms with Gasteiger partial charge >= 0.3 is 5.97 Å². The topological polar surface area (TPSA) is 83.2 Å². The number of carboxylic acid groups (broad SMARTS) is 1. The van der Waals surface area contributed by atoms with Crippen molar-refractivity contribution >= 4 is 12.0 Å². The highest BCUT2D eigenvalue weighted by Gasteiger charge is 2.04. The van der Waals surface area contributed by atoms with E-state index in [1.54, 1.807) is 42.6 Å². The Labute approximate surface area is 121 Å². The molecule has 0 fully saturated rings. The van der Waals surface area contributed by atoms with Gasteiger partial charge in [-0.15, -0.1) is 0 Å². The van der Waals surface area contributed by atoms with E-state index in [1.807, 2.05) is 0 Å². The Balaban J connectivity index is 2.19. The van der Waals surface area contributed by atoms with Crippen molar-refractivity contribution in [2.75, 3.05) is 0 Å². The summed E-state index contributed by atoms with van der Waals surface area (Å²) in [5.41, 5.74) is 1.47. The number of carbonyl (C=O) groups is 1. The first-order chi connectivity index (χ1) is 10.2. The van der Waals surface area contributed by atoms with Crippen LogP contribution in [0.1, 0.15) is 11.1 Å². The van der Waals surface area contributed by atoms with Crippen molar-refractivity contribution in [2.45, 2.75) is 6.42 Å². The van der Waals surface area contributed by atoms with E-state index in [0.29, 0.717) is 23.6 Å². The van der Waals surface area contributed by atoms with Gasteiger partial charge < -0.3 is 9.84 Å². The molecule has 0 unspecified atom stereocenters. The van der Waals surface area contributed by atoms with Gasteiger partial charge in [-0.3, -0.25) is 0 Å². The third-order valence-corrected chi connectivity index (χ3v) is 2.63. The van der Waals surface area contributed by atoms with Gasteiger partial charge in [-0.05, 0) is 35.9 Å². The summed E-state index contributed by atoms with van der Waals surface area (Å²) >= 11 is 0. The molecule has 1 N–H and O–H groups in total. The van der Waals surface area contributed by atoms with Crippen LogP contribution in [0.15, 0.2) is 48.7 Å². The summed E-state index contributed by atoms with van der Waals surface area (Å²) in [6, 6.07) is 12.6. The molecule has 1 aromatic carbocycles. The summed E-state index contributed by atoms with van der Waals surface area (Å²) < 4.78 is 5.64.